The molecule has 9 heteroatoms. The molecule has 198 valence electrons. The van der Waals surface area contributed by atoms with Crippen molar-refractivity contribution in [1.82, 2.24) is 5.32 Å². The number of aliphatic imine (C=N–C) groups is 1. The lowest BCUT2D eigenvalue weighted by Gasteiger charge is -2.29. The summed E-state index contributed by atoms with van der Waals surface area (Å²) in [6.45, 7) is 4.34. The van der Waals surface area contributed by atoms with Gasteiger partial charge in [-0.15, -0.1) is 0 Å². The number of anilines is 2. The smallest absolute Gasteiger partial charge is 0.414 e. The molecule has 8 nitrogen and oxygen atoms in total. The number of benzene rings is 3. The predicted molar refractivity (Wildman–Crippen MR) is 146 cm³/mol. The van der Waals surface area contributed by atoms with Gasteiger partial charge in [0.1, 0.15) is 11.9 Å². The first-order valence-corrected chi connectivity index (χ1v) is 12.5. The number of carbonyl (C=O) groups is 2. The van der Waals surface area contributed by atoms with Crippen LogP contribution in [0.15, 0.2) is 83.9 Å². The Morgan fingerprint density at radius 3 is 2.39 bits per heavy atom. The van der Waals surface area contributed by atoms with Crippen LogP contribution in [0.5, 0.6) is 0 Å². The zero-order chi connectivity index (χ0) is 26.7. The van der Waals surface area contributed by atoms with Crippen molar-refractivity contribution in [2.45, 2.75) is 13.0 Å². The van der Waals surface area contributed by atoms with Crippen LogP contribution < -0.4 is 15.1 Å². The standard InChI is InChI=1S/C16H20FN3O4.C13H11N/c1-11(21)18-9-13-10-20(16(22)24-13)12-2-3-15(14(17)8-12)19-4-6-23-7-5-19;1-3-7-12(8-4-1)11-14-13-9-5-2-6-10-13/h2-3,8,13H,4-7,9-10H2,1H3,(H,18,21);1-11H/b;14-11+/t13-;/m0./s1. The molecule has 0 saturated carbocycles. The topological polar surface area (TPSA) is 83.5 Å². The van der Waals surface area contributed by atoms with Crippen molar-refractivity contribution in [1.29, 1.82) is 0 Å². The molecule has 2 saturated heterocycles. The van der Waals surface area contributed by atoms with Crippen LogP contribution in [-0.4, -0.2) is 63.7 Å². The van der Waals surface area contributed by atoms with Crippen molar-refractivity contribution in [2.75, 3.05) is 49.2 Å². The Balaban J connectivity index is 0.000000204. The lowest BCUT2D eigenvalue weighted by atomic mass is 10.2. The van der Waals surface area contributed by atoms with E-state index in [1.165, 1.54) is 17.9 Å². The molecule has 0 bridgehead atoms. The number of cyclic esters (lactones) is 1. The molecule has 3 aromatic rings. The molecule has 0 spiro atoms. The SMILES string of the molecule is C(=N\c1ccccc1)/c1ccccc1.CC(=O)NC[C@H]1CN(c2ccc(N3CCOCC3)c(F)c2)C(=O)O1. The molecular formula is C29H31FN4O4. The van der Waals surface area contributed by atoms with E-state index in [0.29, 0.717) is 37.7 Å². The van der Waals surface area contributed by atoms with Crippen LogP contribution in [0.4, 0.5) is 26.2 Å². The van der Waals surface area contributed by atoms with Gasteiger partial charge in [0.25, 0.3) is 0 Å². The van der Waals surface area contributed by atoms with Crippen molar-refractivity contribution in [2.24, 2.45) is 4.99 Å². The highest BCUT2D eigenvalue weighted by Gasteiger charge is 2.33. The van der Waals surface area contributed by atoms with Gasteiger partial charge in [-0.1, -0.05) is 48.5 Å². The number of halogens is 1. The quantitative estimate of drug-likeness (QED) is 0.484. The molecule has 0 unspecified atom stereocenters. The summed E-state index contributed by atoms with van der Waals surface area (Å²) in [5.41, 5.74) is 3.05. The van der Waals surface area contributed by atoms with Crippen LogP contribution in [0.25, 0.3) is 0 Å². The Morgan fingerprint density at radius 1 is 1.05 bits per heavy atom. The van der Waals surface area contributed by atoms with Gasteiger partial charge in [-0.05, 0) is 35.9 Å². The summed E-state index contributed by atoms with van der Waals surface area (Å²) in [4.78, 5) is 30.6. The Morgan fingerprint density at radius 2 is 1.74 bits per heavy atom. The summed E-state index contributed by atoms with van der Waals surface area (Å²) in [5, 5.41) is 2.61. The minimum absolute atomic E-state index is 0.189. The van der Waals surface area contributed by atoms with Gasteiger partial charge in [0.15, 0.2) is 0 Å². The molecule has 2 fully saturated rings. The minimum atomic E-state index is -0.538. The molecule has 1 atom stereocenters. The van der Waals surface area contributed by atoms with Crippen LogP contribution in [-0.2, 0) is 14.3 Å². The molecular weight excluding hydrogens is 487 g/mol. The molecule has 2 heterocycles. The Labute approximate surface area is 221 Å². The van der Waals surface area contributed by atoms with Crippen molar-refractivity contribution >= 4 is 35.3 Å². The Kier molecular flexibility index (Phi) is 9.42. The largest absolute Gasteiger partial charge is 0.442 e. The first-order valence-electron chi connectivity index (χ1n) is 12.5. The molecule has 2 amide bonds. The van der Waals surface area contributed by atoms with E-state index in [1.807, 2.05) is 71.8 Å². The van der Waals surface area contributed by atoms with Gasteiger partial charge in [-0.2, -0.15) is 0 Å². The third-order valence-corrected chi connectivity index (χ3v) is 5.97. The van der Waals surface area contributed by atoms with Crippen LogP contribution in [0, 0.1) is 5.82 Å². The van der Waals surface area contributed by atoms with Gasteiger partial charge in [0, 0.05) is 26.2 Å². The molecule has 0 aliphatic carbocycles. The van der Waals surface area contributed by atoms with Crippen molar-refractivity contribution in [3.63, 3.8) is 0 Å². The van der Waals surface area contributed by atoms with Gasteiger partial charge in [0.2, 0.25) is 5.91 Å². The normalized spacial score (nSPS) is 17.1. The van der Waals surface area contributed by atoms with Crippen molar-refractivity contribution < 1.29 is 23.5 Å². The zero-order valence-corrected chi connectivity index (χ0v) is 21.3. The number of rotatable bonds is 6. The van der Waals surface area contributed by atoms with E-state index >= 15 is 0 Å². The van der Waals surface area contributed by atoms with Gasteiger partial charge in [0.05, 0.1) is 43.4 Å². The lowest BCUT2D eigenvalue weighted by molar-refractivity contribution is -0.119. The van der Waals surface area contributed by atoms with Gasteiger partial charge in [-0.3, -0.25) is 14.7 Å². The minimum Gasteiger partial charge on any atom is -0.442 e. The molecule has 2 aliphatic heterocycles. The first kappa shape index (κ1) is 26.8. The average Bonchev–Trinajstić information content (AvgIpc) is 3.33. The van der Waals surface area contributed by atoms with Gasteiger partial charge >= 0.3 is 6.09 Å². The maximum atomic E-state index is 14.4. The van der Waals surface area contributed by atoms with E-state index in [-0.39, 0.29) is 24.8 Å². The van der Waals surface area contributed by atoms with Gasteiger partial charge < -0.3 is 19.7 Å². The Bertz CT molecular complexity index is 1190. The molecule has 38 heavy (non-hydrogen) atoms. The summed E-state index contributed by atoms with van der Waals surface area (Å²) in [7, 11) is 0. The summed E-state index contributed by atoms with van der Waals surface area (Å²) in [6, 6.07) is 24.7. The zero-order valence-electron chi connectivity index (χ0n) is 21.3. The van der Waals surface area contributed by atoms with E-state index in [4.69, 9.17) is 9.47 Å². The number of ether oxygens (including phenoxy) is 2. The number of nitrogens with zero attached hydrogens (tertiary/aromatic N) is 3. The molecule has 2 aliphatic rings. The van der Waals surface area contributed by atoms with Crippen molar-refractivity contribution in [3.8, 4) is 0 Å². The monoisotopic (exact) mass is 518 g/mol. The highest BCUT2D eigenvalue weighted by molar-refractivity contribution is 5.90. The number of carbonyl (C=O) groups excluding carboxylic acids is 2. The van der Waals surface area contributed by atoms with Crippen LogP contribution >= 0.6 is 0 Å². The number of amides is 2. The second kappa shape index (κ2) is 13.3. The van der Waals surface area contributed by atoms with Crippen LogP contribution in [0.1, 0.15) is 12.5 Å². The Hall–Kier alpha value is -4.24. The number of morpholine rings is 1. The molecule has 0 aromatic heterocycles. The number of hydrogen-bond acceptors (Lipinski definition) is 6. The number of nitrogens with one attached hydrogen (secondary N) is 1. The van der Waals surface area contributed by atoms with E-state index in [2.05, 4.69) is 10.3 Å². The number of para-hydroxylation sites is 1. The fourth-order valence-electron chi connectivity index (χ4n) is 4.02. The average molecular weight is 519 g/mol. The summed E-state index contributed by atoms with van der Waals surface area (Å²) < 4.78 is 24.9. The second-order valence-corrected chi connectivity index (χ2v) is 8.79. The summed E-state index contributed by atoms with van der Waals surface area (Å²) in [5.74, 6) is -0.571. The number of hydrogen-bond donors (Lipinski definition) is 1. The van der Waals surface area contributed by atoms with E-state index < -0.39 is 12.2 Å². The fraction of sp³-hybridized carbons (Fsp3) is 0.276. The molecule has 5 rings (SSSR count). The lowest BCUT2D eigenvalue weighted by Crippen LogP contribution is -2.36. The summed E-state index contributed by atoms with van der Waals surface area (Å²) >= 11 is 0. The second-order valence-electron chi connectivity index (χ2n) is 8.79. The predicted octanol–water partition coefficient (Wildman–Crippen LogP) is 4.56. The maximum Gasteiger partial charge on any atom is 0.414 e. The van der Waals surface area contributed by atoms with Gasteiger partial charge in [-0.25, -0.2) is 9.18 Å². The van der Waals surface area contributed by atoms with E-state index in [9.17, 15) is 14.0 Å². The van der Waals surface area contributed by atoms with E-state index in [1.54, 1.807) is 12.1 Å². The maximum absolute atomic E-state index is 14.4. The van der Waals surface area contributed by atoms with Crippen molar-refractivity contribution in [3.05, 3.63) is 90.2 Å². The first-order chi connectivity index (χ1) is 18.5. The molecule has 1 N–H and O–H groups in total. The highest BCUT2D eigenvalue weighted by Crippen LogP contribution is 2.28. The molecule has 0 radical (unpaired) electrons. The highest BCUT2D eigenvalue weighted by atomic mass is 19.1. The van der Waals surface area contributed by atoms with E-state index in [0.717, 1.165) is 11.3 Å². The molecule has 3 aromatic carbocycles. The van der Waals surface area contributed by atoms with Crippen LogP contribution in [0.3, 0.4) is 0 Å². The summed E-state index contributed by atoms with van der Waals surface area (Å²) in [6.07, 6.45) is 0.891. The third-order valence-electron chi connectivity index (χ3n) is 5.97. The third kappa shape index (κ3) is 7.63. The fourth-order valence-corrected chi connectivity index (χ4v) is 4.02. The van der Waals surface area contributed by atoms with Crippen LogP contribution in [0.2, 0.25) is 0 Å².